The second-order valence-electron chi connectivity index (χ2n) is 2.36. The lowest BCUT2D eigenvalue weighted by atomic mass is 10.3. The fraction of sp³-hybridized carbons (Fsp3) is 0.125. The first-order valence-corrected chi connectivity index (χ1v) is 3.59. The van der Waals surface area contributed by atoms with Gasteiger partial charge in [-0.1, -0.05) is 18.2 Å². The molecule has 1 N–H and O–H groups in total. The molecule has 0 aromatic heterocycles. The van der Waals surface area contributed by atoms with Gasteiger partial charge in [0.15, 0.2) is 0 Å². The van der Waals surface area contributed by atoms with E-state index in [0.29, 0.717) is 0 Å². The third kappa shape index (κ3) is 2.96. The lowest BCUT2D eigenvalue weighted by Crippen LogP contribution is -2.27. The number of para-hydroxylation sites is 1. The molecule has 0 heterocycles. The van der Waals surface area contributed by atoms with Crippen LogP contribution in [0.15, 0.2) is 30.3 Å². The van der Waals surface area contributed by atoms with E-state index in [9.17, 15) is 18.0 Å². The highest BCUT2D eigenvalue weighted by atomic mass is 19.4. The minimum atomic E-state index is -4.98. The van der Waals surface area contributed by atoms with Gasteiger partial charge in [-0.15, -0.1) is 0 Å². The van der Waals surface area contributed by atoms with Gasteiger partial charge in [-0.3, -0.25) is 0 Å². The number of carbonyl (C=O) groups is 1. The van der Waals surface area contributed by atoms with Crippen LogP contribution in [-0.4, -0.2) is 12.1 Å². The van der Waals surface area contributed by atoms with Crippen LogP contribution in [0.3, 0.4) is 0 Å². The van der Waals surface area contributed by atoms with Gasteiger partial charge < -0.3 is 4.84 Å². The van der Waals surface area contributed by atoms with Crippen LogP contribution in [0.2, 0.25) is 0 Å². The molecule has 0 unspecified atom stereocenters. The summed E-state index contributed by atoms with van der Waals surface area (Å²) in [5.74, 6) is -2.28. The summed E-state index contributed by atoms with van der Waals surface area (Å²) in [7, 11) is 0. The molecule has 1 aromatic rings. The van der Waals surface area contributed by atoms with Crippen LogP contribution in [0.25, 0.3) is 0 Å². The first-order valence-electron chi connectivity index (χ1n) is 3.59. The molecule has 0 atom stereocenters. The molecule has 0 saturated heterocycles. The van der Waals surface area contributed by atoms with E-state index >= 15 is 0 Å². The van der Waals surface area contributed by atoms with E-state index in [2.05, 4.69) is 4.84 Å². The zero-order valence-corrected chi connectivity index (χ0v) is 6.84. The fourth-order valence-corrected chi connectivity index (χ4v) is 0.669. The molecule has 76 valence electrons. The SMILES string of the molecule is O=C(ONc1ccccc1)C(F)(F)F. The number of nitrogens with one attached hydrogen (secondary N) is 1. The molecule has 0 radical (unpaired) electrons. The molecule has 14 heavy (non-hydrogen) atoms. The van der Waals surface area contributed by atoms with Crippen molar-refractivity contribution in [2.75, 3.05) is 5.48 Å². The lowest BCUT2D eigenvalue weighted by Gasteiger charge is -2.07. The molecule has 1 aromatic carbocycles. The van der Waals surface area contributed by atoms with Gasteiger partial charge in [0.2, 0.25) is 0 Å². The van der Waals surface area contributed by atoms with Crippen molar-refractivity contribution in [3.8, 4) is 0 Å². The van der Waals surface area contributed by atoms with E-state index in [1.165, 1.54) is 12.1 Å². The number of rotatable bonds is 2. The van der Waals surface area contributed by atoms with E-state index in [0.717, 1.165) is 0 Å². The van der Waals surface area contributed by atoms with Gasteiger partial charge in [0.25, 0.3) is 0 Å². The highest BCUT2D eigenvalue weighted by Gasteiger charge is 2.41. The van der Waals surface area contributed by atoms with Gasteiger partial charge in [0, 0.05) is 0 Å². The quantitative estimate of drug-likeness (QED) is 0.751. The van der Waals surface area contributed by atoms with E-state index in [1.807, 2.05) is 5.48 Å². The third-order valence-corrected chi connectivity index (χ3v) is 1.27. The Kier molecular flexibility index (Phi) is 2.95. The summed E-state index contributed by atoms with van der Waals surface area (Å²) in [6.07, 6.45) is -4.98. The maximum Gasteiger partial charge on any atom is 0.493 e. The summed E-state index contributed by atoms with van der Waals surface area (Å²) in [6.45, 7) is 0. The Hall–Kier alpha value is -1.72. The fourth-order valence-electron chi connectivity index (χ4n) is 0.669. The van der Waals surface area contributed by atoms with Crippen LogP contribution in [0, 0.1) is 0 Å². The number of alkyl halides is 3. The number of carbonyl (C=O) groups excluding carboxylic acids is 1. The normalized spacial score (nSPS) is 10.8. The standard InChI is InChI=1S/C8H6F3NO2/c9-8(10,11)7(13)14-12-6-4-2-1-3-5-6/h1-5,12H. The Bertz CT molecular complexity index is 310. The maximum atomic E-state index is 11.6. The van der Waals surface area contributed by atoms with Gasteiger partial charge in [-0.2, -0.15) is 13.2 Å². The molecule has 0 aliphatic rings. The average molecular weight is 205 g/mol. The minimum Gasteiger partial charge on any atom is -0.335 e. The van der Waals surface area contributed by atoms with Crippen LogP contribution < -0.4 is 5.48 Å². The van der Waals surface area contributed by atoms with Gasteiger partial charge >= 0.3 is 12.1 Å². The molecule has 0 aliphatic carbocycles. The number of anilines is 1. The Balaban J connectivity index is 2.46. The van der Waals surface area contributed by atoms with Crippen molar-refractivity contribution < 1.29 is 22.8 Å². The van der Waals surface area contributed by atoms with Crippen LogP contribution >= 0.6 is 0 Å². The molecule has 0 spiro atoms. The molecule has 0 amide bonds. The summed E-state index contributed by atoms with van der Waals surface area (Å²) in [5, 5.41) is 0. The van der Waals surface area contributed by atoms with Crippen molar-refractivity contribution >= 4 is 11.7 Å². The highest BCUT2D eigenvalue weighted by Crippen LogP contribution is 2.17. The summed E-state index contributed by atoms with van der Waals surface area (Å²) < 4.78 is 34.9. The Morgan fingerprint density at radius 1 is 1.21 bits per heavy atom. The van der Waals surface area contributed by atoms with E-state index in [4.69, 9.17) is 0 Å². The average Bonchev–Trinajstić information content (AvgIpc) is 2.14. The van der Waals surface area contributed by atoms with E-state index in [1.54, 1.807) is 18.2 Å². The molecule has 3 nitrogen and oxygen atoms in total. The van der Waals surface area contributed by atoms with E-state index < -0.39 is 12.1 Å². The Labute approximate surface area is 77.4 Å². The van der Waals surface area contributed by atoms with Crippen molar-refractivity contribution in [2.24, 2.45) is 0 Å². The molecule has 0 saturated carbocycles. The van der Waals surface area contributed by atoms with Gasteiger partial charge in [-0.05, 0) is 12.1 Å². The Morgan fingerprint density at radius 2 is 1.79 bits per heavy atom. The predicted octanol–water partition coefficient (Wildman–Crippen LogP) is 2.12. The van der Waals surface area contributed by atoms with Crippen molar-refractivity contribution in [3.63, 3.8) is 0 Å². The summed E-state index contributed by atoms with van der Waals surface area (Å²) >= 11 is 0. The van der Waals surface area contributed by atoms with Crippen molar-refractivity contribution in [2.45, 2.75) is 6.18 Å². The second kappa shape index (κ2) is 3.99. The molecule has 0 bridgehead atoms. The van der Waals surface area contributed by atoms with Crippen molar-refractivity contribution in [1.82, 2.24) is 0 Å². The molecular weight excluding hydrogens is 199 g/mol. The monoisotopic (exact) mass is 205 g/mol. The smallest absolute Gasteiger partial charge is 0.335 e. The van der Waals surface area contributed by atoms with Crippen molar-refractivity contribution in [3.05, 3.63) is 30.3 Å². The molecule has 0 fully saturated rings. The second-order valence-corrected chi connectivity index (χ2v) is 2.36. The number of halogens is 3. The maximum absolute atomic E-state index is 11.6. The number of hydrogen-bond acceptors (Lipinski definition) is 3. The molecule has 1 rings (SSSR count). The summed E-state index contributed by atoms with van der Waals surface area (Å²) in [6, 6.07) is 7.78. The molecule has 6 heteroatoms. The van der Waals surface area contributed by atoms with Crippen LogP contribution in [0.5, 0.6) is 0 Å². The van der Waals surface area contributed by atoms with Gasteiger partial charge in [-0.25, -0.2) is 10.3 Å². The van der Waals surface area contributed by atoms with Gasteiger partial charge in [0.1, 0.15) is 0 Å². The number of benzene rings is 1. The topological polar surface area (TPSA) is 38.3 Å². The minimum absolute atomic E-state index is 0.269. The van der Waals surface area contributed by atoms with Crippen molar-refractivity contribution in [1.29, 1.82) is 0 Å². The summed E-state index contributed by atoms with van der Waals surface area (Å²) in [5.41, 5.74) is 2.15. The zero-order valence-electron chi connectivity index (χ0n) is 6.84. The predicted molar refractivity (Wildman–Crippen MR) is 42.2 cm³/mol. The first kappa shape index (κ1) is 10.4. The van der Waals surface area contributed by atoms with Crippen LogP contribution in [-0.2, 0) is 9.63 Å². The van der Waals surface area contributed by atoms with E-state index in [-0.39, 0.29) is 5.69 Å². The zero-order chi connectivity index (χ0) is 10.6. The third-order valence-electron chi connectivity index (χ3n) is 1.27. The van der Waals surface area contributed by atoms with Crippen LogP contribution in [0.4, 0.5) is 18.9 Å². The molecule has 0 aliphatic heterocycles. The largest absolute Gasteiger partial charge is 0.493 e. The van der Waals surface area contributed by atoms with Gasteiger partial charge in [0.05, 0.1) is 5.69 Å². The highest BCUT2D eigenvalue weighted by molar-refractivity contribution is 5.76. The first-order chi connectivity index (χ1) is 6.50. The number of hydrogen-bond donors (Lipinski definition) is 1. The van der Waals surface area contributed by atoms with Crippen LogP contribution in [0.1, 0.15) is 0 Å². The molecular formula is C8H6F3NO2. The Morgan fingerprint density at radius 3 is 2.29 bits per heavy atom. The summed E-state index contributed by atoms with van der Waals surface area (Å²) in [4.78, 5) is 14.0. The lowest BCUT2D eigenvalue weighted by molar-refractivity contribution is -0.196.